The molecule has 1 rings (SSSR count). The zero-order chi connectivity index (χ0) is 15.0. The van der Waals surface area contributed by atoms with Gasteiger partial charge in [0.2, 0.25) is 0 Å². The van der Waals surface area contributed by atoms with Gasteiger partial charge in [0.15, 0.2) is 0 Å². The molecule has 1 heterocycles. The van der Waals surface area contributed by atoms with E-state index in [1.165, 1.54) is 32.5 Å². The van der Waals surface area contributed by atoms with Crippen molar-refractivity contribution >= 4 is 0 Å². The number of aliphatic hydroxyl groups excluding tert-OH is 1. The van der Waals surface area contributed by atoms with Gasteiger partial charge in [-0.1, -0.05) is 13.8 Å². The molecule has 2 N–H and O–H groups in total. The van der Waals surface area contributed by atoms with Crippen LogP contribution in [0.3, 0.4) is 0 Å². The lowest BCUT2D eigenvalue weighted by Crippen LogP contribution is -2.50. The minimum absolute atomic E-state index is 0.132. The molecule has 4 nitrogen and oxygen atoms in total. The average Bonchev–Trinajstić information content (AvgIpc) is 2.64. The summed E-state index contributed by atoms with van der Waals surface area (Å²) in [4.78, 5) is 5.08. The van der Waals surface area contributed by atoms with Crippen molar-refractivity contribution < 1.29 is 5.11 Å². The summed E-state index contributed by atoms with van der Waals surface area (Å²) >= 11 is 0. The molecule has 0 aromatic heterocycles. The highest BCUT2D eigenvalue weighted by molar-refractivity contribution is 4.86. The number of nitrogens with one attached hydrogen (secondary N) is 1. The van der Waals surface area contributed by atoms with Crippen LogP contribution in [0.1, 0.15) is 46.5 Å². The number of nitrogens with zero attached hydrogens (tertiary/aromatic N) is 2. The van der Waals surface area contributed by atoms with Crippen molar-refractivity contribution in [1.29, 1.82) is 0 Å². The fourth-order valence-electron chi connectivity index (χ4n) is 3.01. The van der Waals surface area contributed by atoms with Crippen LogP contribution >= 0.6 is 0 Å². The highest BCUT2D eigenvalue weighted by atomic mass is 16.3. The fraction of sp³-hybridized carbons (Fsp3) is 1.00. The molecule has 2 atom stereocenters. The van der Waals surface area contributed by atoms with Gasteiger partial charge in [0, 0.05) is 24.7 Å². The Labute approximate surface area is 125 Å². The molecular formula is C16H35N3O. The molecule has 0 spiro atoms. The van der Waals surface area contributed by atoms with E-state index in [4.69, 9.17) is 0 Å². The van der Waals surface area contributed by atoms with E-state index in [0.29, 0.717) is 6.04 Å². The van der Waals surface area contributed by atoms with E-state index < -0.39 is 0 Å². The van der Waals surface area contributed by atoms with Crippen LogP contribution in [0.25, 0.3) is 0 Å². The van der Waals surface area contributed by atoms with Crippen LogP contribution in [0.2, 0.25) is 0 Å². The molecule has 2 unspecified atom stereocenters. The predicted octanol–water partition coefficient (Wildman–Crippen LogP) is 1.54. The minimum Gasteiger partial charge on any atom is -0.394 e. The molecule has 0 aliphatic carbocycles. The quantitative estimate of drug-likeness (QED) is 0.710. The van der Waals surface area contributed by atoms with Crippen molar-refractivity contribution in [3.05, 3.63) is 0 Å². The van der Waals surface area contributed by atoms with Crippen molar-refractivity contribution in [3.63, 3.8) is 0 Å². The molecule has 0 aromatic rings. The van der Waals surface area contributed by atoms with Gasteiger partial charge >= 0.3 is 0 Å². The lowest BCUT2D eigenvalue weighted by atomic mass is 9.97. The first-order valence-corrected chi connectivity index (χ1v) is 8.33. The summed E-state index contributed by atoms with van der Waals surface area (Å²) in [6.45, 7) is 12.5. The Morgan fingerprint density at radius 3 is 2.65 bits per heavy atom. The van der Waals surface area contributed by atoms with Crippen LogP contribution < -0.4 is 5.32 Å². The molecule has 120 valence electrons. The van der Waals surface area contributed by atoms with E-state index in [0.717, 1.165) is 25.9 Å². The van der Waals surface area contributed by atoms with Gasteiger partial charge in [-0.15, -0.1) is 0 Å². The maximum atomic E-state index is 9.67. The molecule has 1 aliphatic heterocycles. The number of hydrogen-bond donors (Lipinski definition) is 2. The molecule has 0 saturated carbocycles. The molecule has 0 amide bonds. The summed E-state index contributed by atoms with van der Waals surface area (Å²) in [5.41, 5.74) is -0.132. The van der Waals surface area contributed by atoms with Gasteiger partial charge in [-0.2, -0.15) is 0 Å². The standard InChI is InChI=1S/C16H35N3O/c1-5-9-17-16(3,14-20)8-12-19-11-7-10-18(4)13-15(19)6-2/h15,17,20H,5-14H2,1-4H3. The lowest BCUT2D eigenvalue weighted by Gasteiger charge is -2.35. The summed E-state index contributed by atoms with van der Waals surface area (Å²) in [5.74, 6) is 0. The zero-order valence-corrected chi connectivity index (χ0v) is 14.0. The van der Waals surface area contributed by atoms with E-state index >= 15 is 0 Å². The SMILES string of the molecule is CCCNC(C)(CO)CCN1CCCN(C)CC1CC. The summed E-state index contributed by atoms with van der Waals surface area (Å²) < 4.78 is 0. The molecular weight excluding hydrogens is 250 g/mol. The monoisotopic (exact) mass is 285 g/mol. The normalized spacial score (nSPS) is 25.4. The zero-order valence-electron chi connectivity index (χ0n) is 14.0. The van der Waals surface area contributed by atoms with Crippen molar-refractivity contribution in [2.45, 2.75) is 58.0 Å². The van der Waals surface area contributed by atoms with Gasteiger partial charge in [0.25, 0.3) is 0 Å². The summed E-state index contributed by atoms with van der Waals surface area (Å²) in [6.07, 6.45) is 4.60. The Balaban J connectivity index is 2.51. The molecule has 1 saturated heterocycles. The van der Waals surface area contributed by atoms with Crippen molar-refractivity contribution in [1.82, 2.24) is 15.1 Å². The van der Waals surface area contributed by atoms with Crippen LogP contribution in [0.5, 0.6) is 0 Å². The van der Waals surface area contributed by atoms with Crippen LogP contribution in [-0.2, 0) is 0 Å². The second kappa shape index (κ2) is 8.98. The Bertz CT molecular complexity index is 262. The first-order valence-electron chi connectivity index (χ1n) is 8.33. The van der Waals surface area contributed by atoms with Gasteiger partial charge in [0.05, 0.1) is 6.61 Å². The maximum absolute atomic E-state index is 9.67. The molecule has 4 heteroatoms. The molecule has 0 bridgehead atoms. The second-order valence-electron chi connectivity index (χ2n) is 6.61. The summed E-state index contributed by atoms with van der Waals surface area (Å²) in [6, 6.07) is 0.664. The highest BCUT2D eigenvalue weighted by Gasteiger charge is 2.26. The fourth-order valence-corrected chi connectivity index (χ4v) is 3.01. The van der Waals surface area contributed by atoms with Crippen molar-refractivity contribution in [3.8, 4) is 0 Å². The first-order chi connectivity index (χ1) is 9.54. The predicted molar refractivity (Wildman–Crippen MR) is 86.2 cm³/mol. The topological polar surface area (TPSA) is 38.7 Å². The number of aliphatic hydroxyl groups is 1. The van der Waals surface area contributed by atoms with Crippen molar-refractivity contribution in [2.24, 2.45) is 0 Å². The number of hydrogen-bond acceptors (Lipinski definition) is 4. The van der Waals surface area contributed by atoms with E-state index in [-0.39, 0.29) is 12.1 Å². The Morgan fingerprint density at radius 2 is 2.05 bits per heavy atom. The van der Waals surface area contributed by atoms with E-state index in [9.17, 15) is 5.11 Å². The van der Waals surface area contributed by atoms with Crippen LogP contribution in [0.4, 0.5) is 0 Å². The van der Waals surface area contributed by atoms with Gasteiger partial charge in [-0.25, -0.2) is 0 Å². The molecule has 1 aliphatic rings. The molecule has 0 radical (unpaired) electrons. The Kier molecular flexibility index (Phi) is 8.03. The molecule has 0 aromatic carbocycles. The maximum Gasteiger partial charge on any atom is 0.0611 e. The number of likely N-dealkylation sites (N-methyl/N-ethyl adjacent to an activating group) is 1. The number of rotatable bonds is 8. The van der Waals surface area contributed by atoms with Crippen LogP contribution in [0, 0.1) is 0 Å². The smallest absolute Gasteiger partial charge is 0.0611 e. The van der Waals surface area contributed by atoms with Gasteiger partial charge < -0.3 is 15.3 Å². The summed E-state index contributed by atoms with van der Waals surface area (Å²) in [7, 11) is 2.23. The van der Waals surface area contributed by atoms with Crippen LogP contribution in [0.15, 0.2) is 0 Å². The second-order valence-corrected chi connectivity index (χ2v) is 6.61. The average molecular weight is 285 g/mol. The first kappa shape index (κ1) is 17.9. The Morgan fingerprint density at radius 1 is 1.30 bits per heavy atom. The van der Waals surface area contributed by atoms with Gasteiger partial charge in [-0.05, 0) is 59.3 Å². The highest BCUT2D eigenvalue weighted by Crippen LogP contribution is 2.16. The van der Waals surface area contributed by atoms with E-state index in [2.05, 4.69) is 42.9 Å². The summed E-state index contributed by atoms with van der Waals surface area (Å²) in [5, 5.41) is 13.2. The van der Waals surface area contributed by atoms with Gasteiger partial charge in [0.1, 0.15) is 0 Å². The third kappa shape index (κ3) is 5.68. The molecule has 1 fully saturated rings. The van der Waals surface area contributed by atoms with Gasteiger partial charge in [-0.3, -0.25) is 4.90 Å². The largest absolute Gasteiger partial charge is 0.394 e. The third-order valence-electron chi connectivity index (χ3n) is 4.60. The van der Waals surface area contributed by atoms with E-state index in [1.54, 1.807) is 0 Å². The van der Waals surface area contributed by atoms with Crippen molar-refractivity contribution in [2.75, 3.05) is 46.4 Å². The molecule has 20 heavy (non-hydrogen) atoms. The lowest BCUT2D eigenvalue weighted by molar-refractivity contribution is 0.125. The Hall–Kier alpha value is -0.160. The van der Waals surface area contributed by atoms with Crippen LogP contribution in [-0.4, -0.2) is 72.9 Å². The van der Waals surface area contributed by atoms with E-state index in [1.807, 2.05) is 0 Å². The minimum atomic E-state index is -0.132. The third-order valence-corrected chi connectivity index (χ3v) is 4.60.